The number of alkyl halides is 3. The van der Waals surface area contributed by atoms with Gasteiger partial charge in [0.05, 0.1) is 34.7 Å². The second-order valence-corrected chi connectivity index (χ2v) is 9.06. The number of fused-ring (bicyclic) bond motifs is 1. The molecule has 29 heavy (non-hydrogen) atoms. The second kappa shape index (κ2) is 6.68. The van der Waals surface area contributed by atoms with E-state index in [1.165, 1.54) is 19.9 Å². The van der Waals surface area contributed by atoms with Crippen LogP contribution in [0, 0.1) is 5.82 Å². The Bertz CT molecular complexity index is 1080. The van der Waals surface area contributed by atoms with Gasteiger partial charge in [-0.2, -0.15) is 13.2 Å². The lowest BCUT2D eigenvalue weighted by Crippen LogP contribution is -2.47. The molecule has 0 saturated heterocycles. The van der Waals surface area contributed by atoms with E-state index in [4.69, 9.17) is 0 Å². The summed E-state index contributed by atoms with van der Waals surface area (Å²) in [4.78, 5) is 16.7. The predicted molar refractivity (Wildman–Crippen MR) is 98.7 cm³/mol. The van der Waals surface area contributed by atoms with Crippen molar-refractivity contribution in [2.24, 2.45) is 0 Å². The number of ketones is 1. The Morgan fingerprint density at radius 1 is 1.21 bits per heavy atom. The lowest BCUT2D eigenvalue weighted by atomic mass is 9.77. The standard InChI is InChI=1S/C18H17F4N3O3S/c1-17(2)16(26)15(12-5-4-9(8-23-12)18(20,21)22)14-11(19)6-10(7-13(14)24-17)25-29(3,27)28/h4-8,15,24-25H,1-3H3. The Kier molecular flexibility index (Phi) is 4.85. The van der Waals surface area contributed by atoms with Gasteiger partial charge >= 0.3 is 6.18 Å². The molecule has 0 amide bonds. The minimum Gasteiger partial charge on any atom is -0.373 e. The van der Waals surface area contributed by atoms with Crippen molar-refractivity contribution >= 4 is 27.2 Å². The maximum absolute atomic E-state index is 14.9. The molecule has 156 valence electrons. The quantitative estimate of drug-likeness (QED) is 0.727. The van der Waals surface area contributed by atoms with Crippen LogP contribution in [0.5, 0.6) is 0 Å². The van der Waals surface area contributed by atoms with Gasteiger partial charge in [0.2, 0.25) is 10.0 Å². The van der Waals surface area contributed by atoms with Crippen molar-refractivity contribution in [3.63, 3.8) is 0 Å². The summed E-state index contributed by atoms with van der Waals surface area (Å²) in [6, 6.07) is 4.05. The number of benzene rings is 1. The van der Waals surface area contributed by atoms with E-state index in [1.54, 1.807) is 0 Å². The zero-order chi connectivity index (χ0) is 21.8. The minimum atomic E-state index is -4.60. The Labute approximate surface area is 164 Å². The average molecular weight is 431 g/mol. The molecule has 2 N–H and O–H groups in total. The molecule has 11 heteroatoms. The summed E-state index contributed by atoms with van der Waals surface area (Å²) in [5.41, 5.74) is -2.25. The number of carbonyl (C=O) groups is 1. The van der Waals surface area contributed by atoms with Crippen molar-refractivity contribution < 1.29 is 30.8 Å². The Morgan fingerprint density at radius 3 is 2.38 bits per heavy atom. The van der Waals surface area contributed by atoms with Crippen LogP contribution >= 0.6 is 0 Å². The number of sulfonamides is 1. The van der Waals surface area contributed by atoms with Crippen molar-refractivity contribution in [2.45, 2.75) is 31.5 Å². The van der Waals surface area contributed by atoms with Gasteiger partial charge in [-0.1, -0.05) is 0 Å². The fourth-order valence-electron chi connectivity index (χ4n) is 3.20. The van der Waals surface area contributed by atoms with Gasteiger partial charge in [0, 0.05) is 17.4 Å². The summed E-state index contributed by atoms with van der Waals surface area (Å²) in [7, 11) is -3.67. The van der Waals surface area contributed by atoms with Crippen molar-refractivity contribution in [3.05, 3.63) is 53.1 Å². The number of halogens is 4. The summed E-state index contributed by atoms with van der Waals surface area (Å²) in [6.45, 7) is 3.06. The van der Waals surface area contributed by atoms with Crippen LogP contribution in [-0.4, -0.2) is 31.0 Å². The number of Topliss-reactive ketones (excluding diaryl/α,β-unsaturated/α-hetero) is 1. The van der Waals surface area contributed by atoms with E-state index in [0.29, 0.717) is 6.20 Å². The Morgan fingerprint density at radius 2 is 1.86 bits per heavy atom. The van der Waals surface area contributed by atoms with Crippen LogP contribution < -0.4 is 10.0 Å². The lowest BCUT2D eigenvalue weighted by Gasteiger charge is -2.37. The molecule has 0 aliphatic carbocycles. The van der Waals surface area contributed by atoms with E-state index in [-0.39, 0.29) is 22.6 Å². The first-order valence-electron chi connectivity index (χ1n) is 8.36. The molecular formula is C18H17F4N3O3S. The molecule has 1 aromatic carbocycles. The minimum absolute atomic E-state index is 0.0402. The van der Waals surface area contributed by atoms with E-state index >= 15 is 0 Å². The maximum Gasteiger partial charge on any atom is 0.417 e. The van der Waals surface area contributed by atoms with Gasteiger partial charge in [0.1, 0.15) is 5.82 Å². The van der Waals surface area contributed by atoms with Gasteiger partial charge < -0.3 is 5.32 Å². The van der Waals surface area contributed by atoms with Crippen LogP contribution in [-0.2, 0) is 21.0 Å². The number of pyridine rings is 1. The molecule has 1 aliphatic heterocycles. The molecule has 3 rings (SSSR count). The largest absolute Gasteiger partial charge is 0.417 e. The normalized spacial score (nSPS) is 18.7. The van der Waals surface area contributed by atoms with E-state index in [2.05, 4.69) is 15.0 Å². The summed E-state index contributed by atoms with van der Waals surface area (Å²) >= 11 is 0. The van der Waals surface area contributed by atoms with Crippen LogP contribution in [0.1, 0.15) is 36.6 Å². The van der Waals surface area contributed by atoms with Crippen molar-refractivity contribution in [3.8, 4) is 0 Å². The zero-order valence-electron chi connectivity index (χ0n) is 15.6. The molecule has 6 nitrogen and oxygen atoms in total. The zero-order valence-corrected chi connectivity index (χ0v) is 16.4. The Hall–Kier alpha value is -2.69. The highest BCUT2D eigenvalue weighted by Crippen LogP contribution is 2.43. The van der Waals surface area contributed by atoms with E-state index < -0.39 is 44.8 Å². The molecule has 0 saturated carbocycles. The molecular weight excluding hydrogens is 414 g/mol. The van der Waals surface area contributed by atoms with Crippen LogP contribution in [0.3, 0.4) is 0 Å². The van der Waals surface area contributed by atoms with Crippen LogP contribution in [0.15, 0.2) is 30.5 Å². The molecule has 0 fully saturated rings. The SMILES string of the molecule is CC1(C)Nc2cc(NS(C)(=O)=O)cc(F)c2C(c2ccc(C(F)(F)F)cn2)C1=O. The van der Waals surface area contributed by atoms with Gasteiger partial charge in [0.15, 0.2) is 5.78 Å². The average Bonchev–Trinajstić information content (AvgIpc) is 2.54. The van der Waals surface area contributed by atoms with Crippen LogP contribution in [0.2, 0.25) is 0 Å². The topological polar surface area (TPSA) is 88.2 Å². The number of nitrogens with one attached hydrogen (secondary N) is 2. The van der Waals surface area contributed by atoms with E-state index in [1.807, 2.05) is 0 Å². The highest BCUT2D eigenvalue weighted by molar-refractivity contribution is 7.92. The van der Waals surface area contributed by atoms with Gasteiger partial charge in [-0.3, -0.25) is 14.5 Å². The molecule has 1 unspecified atom stereocenters. The monoisotopic (exact) mass is 431 g/mol. The molecule has 0 spiro atoms. The number of aromatic nitrogens is 1. The number of nitrogens with zero attached hydrogens (tertiary/aromatic N) is 1. The smallest absolute Gasteiger partial charge is 0.373 e. The van der Waals surface area contributed by atoms with Crippen molar-refractivity contribution in [2.75, 3.05) is 16.3 Å². The fourth-order valence-corrected chi connectivity index (χ4v) is 3.75. The number of anilines is 2. The summed E-state index contributed by atoms with van der Waals surface area (Å²) in [5, 5.41) is 2.86. The predicted octanol–water partition coefficient (Wildman–Crippen LogP) is 3.52. The molecule has 0 bridgehead atoms. The third-order valence-electron chi connectivity index (χ3n) is 4.46. The van der Waals surface area contributed by atoms with E-state index in [9.17, 15) is 30.8 Å². The van der Waals surface area contributed by atoms with E-state index in [0.717, 1.165) is 24.5 Å². The van der Waals surface area contributed by atoms with Crippen molar-refractivity contribution in [1.29, 1.82) is 0 Å². The molecule has 2 aromatic rings. The maximum atomic E-state index is 14.9. The summed E-state index contributed by atoms with van der Waals surface area (Å²) < 4.78 is 78.4. The van der Waals surface area contributed by atoms with Gasteiger partial charge in [-0.05, 0) is 38.1 Å². The molecule has 0 radical (unpaired) electrons. The first kappa shape index (κ1) is 21.0. The first-order chi connectivity index (χ1) is 13.2. The van der Waals surface area contributed by atoms with Crippen molar-refractivity contribution in [1.82, 2.24) is 4.98 Å². The van der Waals surface area contributed by atoms with Gasteiger partial charge in [-0.15, -0.1) is 0 Å². The molecule has 2 heterocycles. The van der Waals surface area contributed by atoms with Gasteiger partial charge in [-0.25, -0.2) is 12.8 Å². The second-order valence-electron chi connectivity index (χ2n) is 7.31. The summed E-state index contributed by atoms with van der Waals surface area (Å²) in [5.74, 6) is -2.63. The number of hydrogen-bond acceptors (Lipinski definition) is 5. The number of carbonyl (C=O) groups excluding carboxylic acids is 1. The molecule has 1 aliphatic rings. The first-order valence-corrected chi connectivity index (χ1v) is 10.2. The highest BCUT2D eigenvalue weighted by atomic mass is 32.2. The lowest BCUT2D eigenvalue weighted by molar-refractivity contribution is -0.137. The van der Waals surface area contributed by atoms with Gasteiger partial charge in [0.25, 0.3) is 0 Å². The third kappa shape index (κ3) is 4.19. The molecule has 1 aromatic heterocycles. The van der Waals surface area contributed by atoms with Crippen LogP contribution in [0.4, 0.5) is 28.9 Å². The third-order valence-corrected chi connectivity index (χ3v) is 5.06. The highest BCUT2D eigenvalue weighted by Gasteiger charge is 2.44. The Balaban J connectivity index is 2.15. The number of hydrogen-bond donors (Lipinski definition) is 2. The molecule has 1 atom stereocenters. The van der Waals surface area contributed by atoms with Crippen LogP contribution in [0.25, 0.3) is 0 Å². The number of rotatable bonds is 3. The fraction of sp³-hybridized carbons (Fsp3) is 0.333. The summed E-state index contributed by atoms with van der Waals surface area (Å²) in [6.07, 6.45) is -3.10.